The summed E-state index contributed by atoms with van der Waals surface area (Å²) in [5.41, 5.74) is 2.06. The normalized spacial score (nSPS) is 19.6. The Labute approximate surface area is 189 Å². The van der Waals surface area contributed by atoms with Gasteiger partial charge in [-0.25, -0.2) is 22.9 Å². The van der Waals surface area contributed by atoms with Gasteiger partial charge in [0.25, 0.3) is 5.91 Å². The van der Waals surface area contributed by atoms with Crippen LogP contribution < -0.4 is 5.32 Å². The van der Waals surface area contributed by atoms with Crippen molar-refractivity contribution in [3.05, 3.63) is 34.8 Å². The molecular formula is C21H23N5O6S. The summed E-state index contributed by atoms with van der Waals surface area (Å²) in [6.45, 7) is 2.94. The molecule has 0 bridgehead atoms. The molecule has 12 heteroatoms. The Morgan fingerprint density at radius 3 is 2.67 bits per heavy atom. The van der Waals surface area contributed by atoms with Crippen molar-refractivity contribution in [3.8, 4) is 0 Å². The van der Waals surface area contributed by atoms with E-state index in [0.29, 0.717) is 28.9 Å². The molecule has 0 spiro atoms. The van der Waals surface area contributed by atoms with Gasteiger partial charge < -0.3 is 14.6 Å². The van der Waals surface area contributed by atoms with E-state index in [0.717, 1.165) is 18.5 Å². The molecule has 1 saturated carbocycles. The standard InChI is InChI=1S/C21H23N5O6S/c1-11-7-17(25-32-11)23-18(27)9-31-21(28)15-8-16(13-3-4-13)22-20-19(15)12(2)24-26(20)14-5-6-33(29,30)10-14/h7-8,13-14H,3-6,9-10H2,1-2H3,(H,23,25,27). The van der Waals surface area contributed by atoms with Crippen LogP contribution in [0.2, 0.25) is 0 Å². The molecule has 1 amide bonds. The van der Waals surface area contributed by atoms with Gasteiger partial charge in [-0.15, -0.1) is 0 Å². The molecule has 1 N–H and O–H groups in total. The third-order valence-electron chi connectivity index (χ3n) is 5.86. The Bertz CT molecular complexity index is 1370. The number of nitrogens with zero attached hydrogens (tertiary/aromatic N) is 4. The number of aromatic nitrogens is 4. The molecule has 2 fully saturated rings. The minimum atomic E-state index is -3.12. The number of carbonyl (C=O) groups is 2. The Kier molecular flexibility index (Phi) is 5.19. The average Bonchev–Trinajstić information content (AvgIpc) is 3.33. The molecule has 2 aliphatic rings. The lowest BCUT2D eigenvalue weighted by atomic mass is 10.1. The van der Waals surface area contributed by atoms with E-state index >= 15 is 0 Å². The van der Waals surface area contributed by atoms with Gasteiger partial charge in [0.2, 0.25) is 0 Å². The largest absolute Gasteiger partial charge is 0.452 e. The molecule has 3 aromatic heterocycles. The van der Waals surface area contributed by atoms with Gasteiger partial charge >= 0.3 is 5.97 Å². The van der Waals surface area contributed by atoms with Crippen LogP contribution in [0.4, 0.5) is 5.82 Å². The Morgan fingerprint density at radius 2 is 2.03 bits per heavy atom. The molecule has 4 heterocycles. The average molecular weight is 474 g/mol. The predicted octanol–water partition coefficient (Wildman–Crippen LogP) is 2.07. The van der Waals surface area contributed by atoms with Gasteiger partial charge in [0.05, 0.1) is 34.2 Å². The van der Waals surface area contributed by atoms with Crippen molar-refractivity contribution in [1.29, 1.82) is 0 Å². The van der Waals surface area contributed by atoms with Crippen molar-refractivity contribution in [2.24, 2.45) is 0 Å². The van der Waals surface area contributed by atoms with E-state index < -0.39 is 28.3 Å². The first-order valence-electron chi connectivity index (χ1n) is 10.7. The fourth-order valence-corrected chi connectivity index (χ4v) is 5.81. The number of carbonyl (C=O) groups excluding carboxylic acids is 2. The first kappa shape index (κ1) is 21.6. The number of fused-ring (bicyclic) bond motifs is 1. The third-order valence-corrected chi connectivity index (χ3v) is 7.61. The quantitative estimate of drug-likeness (QED) is 0.531. The minimum absolute atomic E-state index is 0.0000284. The number of ether oxygens (including phenoxy) is 1. The monoisotopic (exact) mass is 473 g/mol. The van der Waals surface area contributed by atoms with Crippen LogP contribution in [0.15, 0.2) is 16.7 Å². The third kappa shape index (κ3) is 4.34. The number of hydrogen-bond acceptors (Lipinski definition) is 9. The SMILES string of the molecule is Cc1cc(NC(=O)COC(=O)c2cc(C3CC3)nc3c2c(C)nn3C2CCS(=O)(=O)C2)no1. The zero-order valence-corrected chi connectivity index (χ0v) is 19.0. The highest BCUT2D eigenvalue weighted by Gasteiger charge is 2.34. The number of amides is 1. The first-order chi connectivity index (χ1) is 15.7. The lowest BCUT2D eigenvalue weighted by Gasteiger charge is -2.11. The topological polar surface area (TPSA) is 146 Å². The molecule has 33 heavy (non-hydrogen) atoms. The van der Waals surface area contributed by atoms with E-state index in [1.807, 2.05) is 0 Å². The fourth-order valence-electron chi connectivity index (χ4n) is 4.12. The molecule has 1 unspecified atom stereocenters. The zero-order chi connectivity index (χ0) is 23.3. The molecule has 174 valence electrons. The molecular weight excluding hydrogens is 450 g/mol. The summed E-state index contributed by atoms with van der Waals surface area (Å²) in [6, 6.07) is 2.93. The van der Waals surface area contributed by atoms with Crippen LogP contribution in [0.1, 0.15) is 58.7 Å². The summed E-state index contributed by atoms with van der Waals surface area (Å²) in [5.74, 6) is -0.0904. The summed E-state index contributed by atoms with van der Waals surface area (Å²) in [5, 5.41) is 11.2. The maximum Gasteiger partial charge on any atom is 0.339 e. The van der Waals surface area contributed by atoms with E-state index in [1.54, 1.807) is 30.7 Å². The van der Waals surface area contributed by atoms with Crippen LogP contribution in [0.5, 0.6) is 0 Å². The molecule has 1 atom stereocenters. The molecule has 1 aliphatic carbocycles. The summed E-state index contributed by atoms with van der Waals surface area (Å²) in [7, 11) is -3.12. The Balaban J connectivity index is 1.43. The summed E-state index contributed by atoms with van der Waals surface area (Å²) in [4.78, 5) is 29.9. The Hall–Kier alpha value is -3.28. The number of nitrogens with one attached hydrogen (secondary N) is 1. The highest BCUT2D eigenvalue weighted by molar-refractivity contribution is 7.91. The predicted molar refractivity (Wildman–Crippen MR) is 117 cm³/mol. The second-order valence-corrected chi connectivity index (χ2v) is 10.8. The van der Waals surface area contributed by atoms with Gasteiger partial charge in [0.1, 0.15) is 5.76 Å². The zero-order valence-electron chi connectivity index (χ0n) is 18.2. The van der Waals surface area contributed by atoms with Crippen molar-refractivity contribution in [1.82, 2.24) is 19.9 Å². The summed E-state index contributed by atoms with van der Waals surface area (Å²) < 4.78 is 35.8. The summed E-state index contributed by atoms with van der Waals surface area (Å²) in [6.07, 6.45) is 2.39. The highest BCUT2D eigenvalue weighted by Crippen LogP contribution is 2.41. The van der Waals surface area contributed by atoms with Crippen molar-refractivity contribution in [3.63, 3.8) is 0 Å². The second kappa shape index (κ2) is 7.94. The molecule has 5 rings (SSSR count). The number of anilines is 1. The smallest absolute Gasteiger partial charge is 0.339 e. The van der Waals surface area contributed by atoms with Crippen molar-refractivity contribution in [2.75, 3.05) is 23.4 Å². The van der Waals surface area contributed by atoms with Crippen LogP contribution in [0.25, 0.3) is 11.0 Å². The van der Waals surface area contributed by atoms with E-state index in [1.165, 1.54) is 0 Å². The van der Waals surface area contributed by atoms with Gasteiger partial charge in [-0.05, 0) is 39.2 Å². The second-order valence-electron chi connectivity index (χ2n) is 8.60. The van der Waals surface area contributed by atoms with Crippen molar-refractivity contribution < 1.29 is 27.3 Å². The van der Waals surface area contributed by atoms with Gasteiger partial charge in [-0.2, -0.15) is 5.10 Å². The molecule has 0 aromatic carbocycles. The lowest BCUT2D eigenvalue weighted by Crippen LogP contribution is -2.21. The van der Waals surface area contributed by atoms with Crippen LogP contribution >= 0.6 is 0 Å². The molecule has 3 aromatic rings. The maximum atomic E-state index is 13.0. The molecule has 1 saturated heterocycles. The van der Waals surface area contributed by atoms with Gasteiger partial charge in [0, 0.05) is 17.7 Å². The Morgan fingerprint density at radius 1 is 1.24 bits per heavy atom. The molecule has 0 radical (unpaired) electrons. The highest BCUT2D eigenvalue weighted by atomic mass is 32.2. The van der Waals surface area contributed by atoms with Gasteiger partial charge in [-0.3, -0.25) is 4.79 Å². The van der Waals surface area contributed by atoms with Crippen LogP contribution in [0, 0.1) is 13.8 Å². The lowest BCUT2D eigenvalue weighted by molar-refractivity contribution is -0.119. The first-order valence-corrected chi connectivity index (χ1v) is 12.5. The van der Waals surface area contributed by atoms with Crippen LogP contribution in [-0.4, -0.2) is 58.3 Å². The molecule has 1 aliphatic heterocycles. The minimum Gasteiger partial charge on any atom is -0.452 e. The number of sulfone groups is 1. The van der Waals surface area contributed by atoms with E-state index in [4.69, 9.17) is 14.2 Å². The van der Waals surface area contributed by atoms with Crippen molar-refractivity contribution in [2.45, 2.75) is 45.1 Å². The van der Waals surface area contributed by atoms with Crippen LogP contribution in [-0.2, 0) is 19.4 Å². The van der Waals surface area contributed by atoms with Crippen molar-refractivity contribution >= 4 is 38.6 Å². The number of esters is 1. The van der Waals surface area contributed by atoms with Gasteiger partial charge in [-0.1, -0.05) is 5.16 Å². The van der Waals surface area contributed by atoms with Crippen LogP contribution in [0.3, 0.4) is 0 Å². The number of aryl methyl sites for hydroxylation is 2. The fraction of sp³-hybridized carbons (Fsp3) is 0.476. The van der Waals surface area contributed by atoms with E-state index in [-0.39, 0.29) is 34.8 Å². The van der Waals surface area contributed by atoms with E-state index in [2.05, 4.69) is 15.6 Å². The summed E-state index contributed by atoms with van der Waals surface area (Å²) >= 11 is 0. The number of hydrogen-bond donors (Lipinski definition) is 1. The maximum absolute atomic E-state index is 13.0. The van der Waals surface area contributed by atoms with Gasteiger partial charge in [0.15, 0.2) is 27.9 Å². The number of pyridine rings is 1. The molecule has 11 nitrogen and oxygen atoms in total. The van der Waals surface area contributed by atoms with E-state index in [9.17, 15) is 18.0 Å². The number of rotatable bonds is 6.